The number of nitrogens with zero attached hydrogens (tertiary/aromatic N) is 3. The average Bonchev–Trinajstić information content (AvgIpc) is 2.84. The number of ether oxygens (including phenoxy) is 2. The lowest BCUT2D eigenvalue weighted by Gasteiger charge is -2.19. The number of fused-ring (bicyclic) bond motifs is 2. The van der Waals surface area contributed by atoms with Crippen molar-refractivity contribution in [1.82, 2.24) is 15.0 Å². The SMILES string of the molecule is CCOC(=O)CCCCCOc1ccc(NCc2ccc3c(c2)Nc2nccnc2S3)cn1. The van der Waals surface area contributed by atoms with E-state index in [1.807, 2.05) is 19.1 Å². The van der Waals surface area contributed by atoms with Crippen LogP contribution in [0.15, 0.2) is 58.8 Å². The minimum atomic E-state index is -0.131. The summed E-state index contributed by atoms with van der Waals surface area (Å²) in [6.07, 6.45) is 8.24. The number of unbranched alkanes of at least 4 members (excludes halogenated alkanes) is 2. The molecule has 1 aliphatic rings. The van der Waals surface area contributed by atoms with E-state index >= 15 is 0 Å². The molecule has 0 bridgehead atoms. The predicted molar refractivity (Wildman–Crippen MR) is 128 cm³/mol. The molecule has 172 valence electrons. The van der Waals surface area contributed by atoms with Crippen molar-refractivity contribution in [2.75, 3.05) is 23.8 Å². The highest BCUT2D eigenvalue weighted by molar-refractivity contribution is 7.99. The number of pyridine rings is 1. The van der Waals surface area contributed by atoms with E-state index in [0.717, 1.165) is 51.9 Å². The molecule has 0 fully saturated rings. The van der Waals surface area contributed by atoms with Crippen molar-refractivity contribution in [3.63, 3.8) is 0 Å². The van der Waals surface area contributed by atoms with Gasteiger partial charge in [0, 0.05) is 36.3 Å². The van der Waals surface area contributed by atoms with Crippen LogP contribution in [0.1, 0.15) is 38.2 Å². The Morgan fingerprint density at radius 3 is 2.85 bits per heavy atom. The lowest BCUT2D eigenvalue weighted by Crippen LogP contribution is -2.06. The van der Waals surface area contributed by atoms with E-state index < -0.39 is 0 Å². The van der Waals surface area contributed by atoms with Crippen molar-refractivity contribution in [2.45, 2.75) is 49.1 Å². The average molecular weight is 466 g/mol. The number of carbonyl (C=O) groups excluding carboxylic acids is 1. The molecule has 1 aliphatic heterocycles. The monoisotopic (exact) mass is 465 g/mol. The van der Waals surface area contributed by atoms with Crippen LogP contribution in [0.5, 0.6) is 5.88 Å². The summed E-state index contributed by atoms with van der Waals surface area (Å²) in [5.41, 5.74) is 3.11. The van der Waals surface area contributed by atoms with Crippen molar-refractivity contribution in [3.05, 3.63) is 54.5 Å². The quantitative estimate of drug-likeness (QED) is 0.229. The van der Waals surface area contributed by atoms with Crippen LogP contribution in [0.3, 0.4) is 0 Å². The van der Waals surface area contributed by atoms with Gasteiger partial charge in [-0.15, -0.1) is 0 Å². The van der Waals surface area contributed by atoms with Crippen LogP contribution in [0, 0.1) is 0 Å². The highest BCUT2D eigenvalue weighted by atomic mass is 32.2. The normalized spacial score (nSPS) is 11.7. The lowest BCUT2D eigenvalue weighted by atomic mass is 10.2. The van der Waals surface area contributed by atoms with E-state index in [1.165, 1.54) is 0 Å². The summed E-state index contributed by atoms with van der Waals surface area (Å²) in [6.45, 7) is 3.51. The first-order valence-electron chi connectivity index (χ1n) is 11.1. The molecule has 0 saturated carbocycles. The largest absolute Gasteiger partial charge is 0.478 e. The molecule has 1 aromatic carbocycles. The van der Waals surface area contributed by atoms with Gasteiger partial charge >= 0.3 is 5.97 Å². The Morgan fingerprint density at radius 1 is 1.09 bits per heavy atom. The molecule has 8 nitrogen and oxygen atoms in total. The summed E-state index contributed by atoms with van der Waals surface area (Å²) in [6, 6.07) is 10.2. The molecule has 33 heavy (non-hydrogen) atoms. The molecule has 0 saturated heterocycles. The van der Waals surface area contributed by atoms with Crippen LogP contribution in [0.25, 0.3) is 0 Å². The number of hydrogen-bond acceptors (Lipinski definition) is 9. The predicted octanol–water partition coefficient (Wildman–Crippen LogP) is 5.19. The van der Waals surface area contributed by atoms with E-state index in [9.17, 15) is 4.79 Å². The number of anilines is 3. The zero-order chi connectivity index (χ0) is 22.9. The van der Waals surface area contributed by atoms with Crippen molar-refractivity contribution < 1.29 is 14.3 Å². The summed E-state index contributed by atoms with van der Waals surface area (Å²) in [4.78, 5) is 25.5. The van der Waals surface area contributed by atoms with Gasteiger partial charge < -0.3 is 20.1 Å². The second kappa shape index (κ2) is 11.5. The fourth-order valence-corrected chi connectivity index (χ4v) is 4.20. The Kier molecular flexibility index (Phi) is 7.97. The number of esters is 1. The van der Waals surface area contributed by atoms with Gasteiger partial charge in [-0.2, -0.15) is 0 Å². The van der Waals surface area contributed by atoms with Gasteiger partial charge in [0.1, 0.15) is 5.03 Å². The maximum absolute atomic E-state index is 11.3. The fraction of sp³-hybridized carbons (Fsp3) is 0.333. The summed E-state index contributed by atoms with van der Waals surface area (Å²) in [5, 5.41) is 7.64. The maximum atomic E-state index is 11.3. The molecule has 0 aliphatic carbocycles. The van der Waals surface area contributed by atoms with E-state index in [4.69, 9.17) is 9.47 Å². The Morgan fingerprint density at radius 2 is 2.00 bits per heavy atom. The summed E-state index contributed by atoms with van der Waals surface area (Å²) in [7, 11) is 0. The molecular formula is C24H27N5O3S. The standard InChI is InChI=1S/C24H27N5O3S/c1-2-31-22(30)6-4-3-5-13-32-21-10-8-18(16-28-21)27-15-17-7-9-20-19(14-17)29-23-24(33-20)26-12-11-25-23/h7-12,14,16,27H,2-6,13,15H2,1H3,(H,25,29). The van der Waals surface area contributed by atoms with Crippen LogP contribution in [0.2, 0.25) is 0 Å². The van der Waals surface area contributed by atoms with Crippen LogP contribution < -0.4 is 15.4 Å². The van der Waals surface area contributed by atoms with E-state index in [-0.39, 0.29) is 5.97 Å². The Balaban J connectivity index is 1.19. The second-order valence-corrected chi connectivity index (χ2v) is 8.50. The second-order valence-electron chi connectivity index (χ2n) is 7.47. The van der Waals surface area contributed by atoms with E-state index in [0.29, 0.717) is 32.1 Å². The summed E-state index contributed by atoms with van der Waals surface area (Å²) >= 11 is 1.62. The topological polar surface area (TPSA) is 98.3 Å². The first kappa shape index (κ1) is 22.8. The van der Waals surface area contributed by atoms with Crippen LogP contribution >= 0.6 is 11.8 Å². The minimum absolute atomic E-state index is 0.131. The van der Waals surface area contributed by atoms with E-state index in [2.05, 4.69) is 43.8 Å². The number of aromatic nitrogens is 3. The fourth-order valence-electron chi connectivity index (χ4n) is 3.32. The molecule has 0 amide bonds. The molecule has 0 atom stereocenters. The van der Waals surface area contributed by atoms with Crippen molar-refractivity contribution in [2.24, 2.45) is 0 Å². The molecule has 3 aromatic rings. The Bertz CT molecular complexity index is 1080. The first-order valence-corrected chi connectivity index (χ1v) is 11.9. The van der Waals surface area contributed by atoms with Gasteiger partial charge in [-0.3, -0.25) is 4.79 Å². The first-order chi connectivity index (χ1) is 16.2. The highest BCUT2D eigenvalue weighted by Gasteiger charge is 2.17. The van der Waals surface area contributed by atoms with Gasteiger partial charge in [0.2, 0.25) is 5.88 Å². The van der Waals surface area contributed by atoms with Crippen molar-refractivity contribution in [3.8, 4) is 5.88 Å². The summed E-state index contributed by atoms with van der Waals surface area (Å²) < 4.78 is 10.6. The maximum Gasteiger partial charge on any atom is 0.305 e. The molecule has 2 N–H and O–H groups in total. The Hall–Kier alpha value is -3.33. The van der Waals surface area contributed by atoms with Crippen molar-refractivity contribution in [1.29, 1.82) is 0 Å². The molecular weight excluding hydrogens is 438 g/mol. The molecule has 3 heterocycles. The zero-order valence-electron chi connectivity index (χ0n) is 18.5. The molecule has 0 radical (unpaired) electrons. The van der Waals surface area contributed by atoms with Gasteiger partial charge in [0.15, 0.2) is 5.82 Å². The van der Waals surface area contributed by atoms with Gasteiger partial charge in [0.25, 0.3) is 0 Å². The number of carbonyl (C=O) groups is 1. The van der Waals surface area contributed by atoms with Gasteiger partial charge in [-0.05, 0) is 49.9 Å². The molecule has 0 spiro atoms. The van der Waals surface area contributed by atoms with Gasteiger partial charge in [0.05, 0.1) is 30.8 Å². The number of benzene rings is 1. The molecule has 0 unspecified atom stereocenters. The minimum Gasteiger partial charge on any atom is -0.478 e. The summed E-state index contributed by atoms with van der Waals surface area (Å²) in [5.74, 6) is 1.26. The van der Waals surface area contributed by atoms with E-state index in [1.54, 1.807) is 30.4 Å². The van der Waals surface area contributed by atoms with Crippen LogP contribution in [-0.4, -0.2) is 34.1 Å². The van der Waals surface area contributed by atoms with Crippen molar-refractivity contribution >= 4 is 34.9 Å². The number of rotatable bonds is 11. The third-order valence-corrected chi connectivity index (χ3v) is 6.05. The lowest BCUT2D eigenvalue weighted by molar-refractivity contribution is -0.143. The molecule has 2 aromatic heterocycles. The molecule has 4 rings (SSSR count). The van der Waals surface area contributed by atoms with Gasteiger partial charge in [-0.25, -0.2) is 15.0 Å². The number of nitrogens with one attached hydrogen (secondary N) is 2. The third kappa shape index (κ3) is 6.58. The third-order valence-electron chi connectivity index (χ3n) is 4.98. The highest BCUT2D eigenvalue weighted by Crippen LogP contribution is 2.42. The smallest absolute Gasteiger partial charge is 0.305 e. The zero-order valence-corrected chi connectivity index (χ0v) is 19.4. The van der Waals surface area contributed by atoms with Crippen LogP contribution in [0.4, 0.5) is 17.2 Å². The number of hydrogen-bond donors (Lipinski definition) is 2. The van der Waals surface area contributed by atoms with Crippen LogP contribution in [-0.2, 0) is 16.1 Å². The molecule has 9 heteroatoms. The Labute approximate surface area is 197 Å². The van der Waals surface area contributed by atoms with Gasteiger partial charge in [-0.1, -0.05) is 17.8 Å².